The van der Waals surface area contributed by atoms with E-state index in [9.17, 15) is 0 Å². The average Bonchev–Trinajstić information content (AvgIpc) is 2.41. The van der Waals surface area contributed by atoms with E-state index in [0.29, 0.717) is 0 Å². The summed E-state index contributed by atoms with van der Waals surface area (Å²) in [6.45, 7) is 10.2. The van der Waals surface area contributed by atoms with E-state index in [0.717, 1.165) is 0 Å². The molecular weight excluding hydrogens is 224 g/mol. The Morgan fingerprint density at radius 1 is 0.941 bits per heavy atom. The second-order valence-electron chi connectivity index (χ2n) is 2.89. The second-order valence-corrected chi connectivity index (χ2v) is 4.00. The van der Waals surface area contributed by atoms with Gasteiger partial charge >= 0.3 is 0 Å². The molecule has 0 nitrogen and oxygen atoms in total. The van der Waals surface area contributed by atoms with Gasteiger partial charge in [-0.1, -0.05) is 78.8 Å². The molecule has 0 N–H and O–H groups in total. The van der Waals surface area contributed by atoms with E-state index in [1.54, 1.807) is 0 Å². The summed E-state index contributed by atoms with van der Waals surface area (Å²) in [4.78, 5) is 0. The van der Waals surface area contributed by atoms with Gasteiger partial charge in [-0.05, 0) is 17.7 Å². The van der Waals surface area contributed by atoms with Crippen LogP contribution in [0.1, 0.15) is 60.5 Å². The van der Waals surface area contributed by atoms with Crippen LogP contribution in [0.15, 0.2) is 30.3 Å². The molecular formula is C16H32S. The van der Waals surface area contributed by atoms with Gasteiger partial charge in [0.2, 0.25) is 0 Å². The molecule has 1 aromatic rings. The van der Waals surface area contributed by atoms with E-state index >= 15 is 0 Å². The molecule has 1 aromatic carbocycles. The Hall–Kier alpha value is -0.430. The highest BCUT2D eigenvalue weighted by Gasteiger charge is 1.90. The summed E-state index contributed by atoms with van der Waals surface area (Å²) in [5.41, 5.74) is 1.44. The first-order valence-electron chi connectivity index (χ1n) is 6.55. The van der Waals surface area contributed by atoms with Crippen LogP contribution >= 0.6 is 11.8 Å². The molecule has 1 rings (SSSR count). The zero-order valence-corrected chi connectivity index (χ0v) is 12.4. The first-order chi connectivity index (χ1) is 7.93. The minimum Gasteiger partial charge on any atom is -0.157 e. The van der Waals surface area contributed by atoms with Gasteiger partial charge in [-0.2, -0.15) is 11.8 Å². The SMILES string of the molecule is C.CC.CC.CCCCSCc1ccccc1. The van der Waals surface area contributed by atoms with Crippen LogP contribution in [0, 0.1) is 0 Å². The van der Waals surface area contributed by atoms with Crippen molar-refractivity contribution in [3.05, 3.63) is 35.9 Å². The van der Waals surface area contributed by atoms with Gasteiger partial charge in [-0.3, -0.25) is 0 Å². The minimum atomic E-state index is 0. The molecule has 1 heteroatoms. The Morgan fingerprint density at radius 2 is 1.47 bits per heavy atom. The number of thioether (sulfide) groups is 1. The summed E-state index contributed by atoms with van der Waals surface area (Å²) in [7, 11) is 0. The zero-order chi connectivity index (χ0) is 12.6. The van der Waals surface area contributed by atoms with Gasteiger partial charge in [0.25, 0.3) is 0 Å². The molecule has 102 valence electrons. The van der Waals surface area contributed by atoms with Gasteiger partial charge in [0.05, 0.1) is 0 Å². The first-order valence-corrected chi connectivity index (χ1v) is 7.70. The average molecular weight is 256 g/mol. The lowest BCUT2D eigenvalue weighted by Crippen LogP contribution is -1.81. The van der Waals surface area contributed by atoms with E-state index in [-0.39, 0.29) is 7.43 Å². The Labute approximate surface area is 114 Å². The molecule has 0 aliphatic heterocycles. The van der Waals surface area contributed by atoms with Crippen molar-refractivity contribution in [3.63, 3.8) is 0 Å². The van der Waals surface area contributed by atoms with E-state index in [1.165, 1.54) is 29.9 Å². The molecule has 17 heavy (non-hydrogen) atoms. The van der Waals surface area contributed by atoms with Crippen molar-refractivity contribution in [2.75, 3.05) is 5.75 Å². The smallest absolute Gasteiger partial charge is 0.0184 e. The van der Waals surface area contributed by atoms with E-state index in [2.05, 4.69) is 37.3 Å². The van der Waals surface area contributed by atoms with Crippen molar-refractivity contribution in [1.29, 1.82) is 0 Å². The Bertz CT molecular complexity index is 194. The van der Waals surface area contributed by atoms with E-state index in [1.807, 2.05) is 39.5 Å². The third-order valence-electron chi connectivity index (χ3n) is 1.75. The topological polar surface area (TPSA) is 0 Å². The molecule has 0 fully saturated rings. The third-order valence-corrected chi connectivity index (χ3v) is 2.87. The number of hydrogen-bond donors (Lipinski definition) is 0. The van der Waals surface area contributed by atoms with E-state index < -0.39 is 0 Å². The predicted molar refractivity (Wildman–Crippen MR) is 86.9 cm³/mol. The summed E-state index contributed by atoms with van der Waals surface area (Å²) in [6.07, 6.45) is 2.65. The van der Waals surface area contributed by atoms with Gasteiger partial charge in [0.15, 0.2) is 0 Å². The maximum Gasteiger partial charge on any atom is 0.0184 e. The highest BCUT2D eigenvalue weighted by atomic mass is 32.2. The van der Waals surface area contributed by atoms with Crippen LogP contribution < -0.4 is 0 Å². The zero-order valence-electron chi connectivity index (χ0n) is 11.6. The van der Waals surface area contributed by atoms with Crippen LogP contribution in [0.5, 0.6) is 0 Å². The fraction of sp³-hybridized carbons (Fsp3) is 0.625. The van der Waals surface area contributed by atoms with Crippen LogP contribution in [0.3, 0.4) is 0 Å². The lowest BCUT2D eigenvalue weighted by molar-refractivity contribution is 0.896. The van der Waals surface area contributed by atoms with Crippen LogP contribution in [0.2, 0.25) is 0 Å². The molecule has 0 atom stereocenters. The quantitative estimate of drug-likeness (QED) is 0.549. The van der Waals surface area contributed by atoms with Gasteiger partial charge in [0.1, 0.15) is 0 Å². The van der Waals surface area contributed by atoms with Gasteiger partial charge in [-0.25, -0.2) is 0 Å². The van der Waals surface area contributed by atoms with Crippen LogP contribution in [-0.2, 0) is 5.75 Å². The fourth-order valence-electron chi connectivity index (χ4n) is 1.01. The maximum atomic E-state index is 2.24. The number of hydrogen-bond acceptors (Lipinski definition) is 1. The predicted octanol–water partition coefficient (Wildman–Crippen LogP) is 6.41. The van der Waals surface area contributed by atoms with Crippen molar-refractivity contribution in [1.82, 2.24) is 0 Å². The summed E-state index contributed by atoms with van der Waals surface area (Å²) in [5, 5.41) is 0. The second kappa shape index (κ2) is 20.9. The Morgan fingerprint density at radius 3 is 1.94 bits per heavy atom. The van der Waals surface area contributed by atoms with Crippen molar-refractivity contribution >= 4 is 11.8 Å². The van der Waals surface area contributed by atoms with E-state index in [4.69, 9.17) is 0 Å². The number of unbranched alkanes of at least 4 members (excludes halogenated alkanes) is 1. The Kier molecular flexibility index (Phi) is 26.8. The number of benzene rings is 1. The molecule has 0 aromatic heterocycles. The number of rotatable bonds is 5. The van der Waals surface area contributed by atoms with Gasteiger partial charge in [-0.15, -0.1) is 0 Å². The molecule has 0 aliphatic rings. The van der Waals surface area contributed by atoms with Crippen LogP contribution in [-0.4, -0.2) is 5.75 Å². The van der Waals surface area contributed by atoms with Crippen molar-refractivity contribution in [3.8, 4) is 0 Å². The highest BCUT2D eigenvalue weighted by molar-refractivity contribution is 7.98. The molecule has 0 amide bonds. The van der Waals surface area contributed by atoms with Crippen LogP contribution in [0.25, 0.3) is 0 Å². The van der Waals surface area contributed by atoms with Crippen molar-refractivity contribution < 1.29 is 0 Å². The lowest BCUT2D eigenvalue weighted by Gasteiger charge is -1.99. The molecule has 0 heterocycles. The largest absolute Gasteiger partial charge is 0.157 e. The first kappa shape index (κ1) is 21.8. The molecule has 0 spiro atoms. The molecule has 0 bridgehead atoms. The molecule has 0 radical (unpaired) electrons. The fourth-order valence-corrected chi connectivity index (χ4v) is 2.08. The monoisotopic (exact) mass is 256 g/mol. The minimum absolute atomic E-state index is 0. The van der Waals surface area contributed by atoms with Crippen molar-refractivity contribution in [2.45, 2.75) is 60.6 Å². The molecule has 0 unspecified atom stereocenters. The van der Waals surface area contributed by atoms with Gasteiger partial charge in [0, 0.05) is 5.75 Å². The highest BCUT2D eigenvalue weighted by Crippen LogP contribution is 2.12. The molecule has 0 saturated carbocycles. The third kappa shape index (κ3) is 15.6. The van der Waals surface area contributed by atoms with Crippen molar-refractivity contribution in [2.24, 2.45) is 0 Å². The standard InChI is InChI=1S/C11H16S.2C2H6.CH4/c1-2-3-9-12-10-11-7-5-4-6-8-11;2*1-2;/h4-8H,2-3,9-10H2,1H3;2*1-2H3;1H4. The summed E-state index contributed by atoms with van der Waals surface area (Å²) < 4.78 is 0. The lowest BCUT2D eigenvalue weighted by atomic mass is 10.2. The Balaban J connectivity index is -0.000000355. The summed E-state index contributed by atoms with van der Waals surface area (Å²) in [5.74, 6) is 2.46. The van der Waals surface area contributed by atoms with Crippen LogP contribution in [0.4, 0.5) is 0 Å². The summed E-state index contributed by atoms with van der Waals surface area (Å²) >= 11 is 2.03. The normalized spacial score (nSPS) is 7.82. The molecule has 0 aliphatic carbocycles. The molecule has 0 saturated heterocycles. The maximum absolute atomic E-state index is 2.24. The summed E-state index contributed by atoms with van der Waals surface area (Å²) in [6, 6.07) is 10.7. The van der Waals surface area contributed by atoms with Gasteiger partial charge < -0.3 is 0 Å².